The third-order valence-corrected chi connectivity index (χ3v) is 1.07. The second-order valence-corrected chi connectivity index (χ2v) is 1.87. The van der Waals surface area contributed by atoms with E-state index in [0.717, 1.165) is 0 Å². The zero-order valence-electron chi connectivity index (χ0n) is 5.21. The van der Waals surface area contributed by atoms with Gasteiger partial charge in [-0.1, -0.05) is 0 Å². The summed E-state index contributed by atoms with van der Waals surface area (Å²) in [6, 6.07) is 0. The number of hydrogen-bond donors (Lipinski definition) is 4. The number of aliphatic hydroxyl groups is 4. The van der Waals surface area contributed by atoms with Gasteiger partial charge in [0.05, 0.1) is 6.61 Å². The molecule has 0 aliphatic rings. The maximum absolute atomic E-state index is 9.76. The lowest BCUT2D eigenvalue weighted by atomic mass is 10.2. The standard InChI is InChI=1S/C5H10O5/c6-1-3(8)5(10)4(9)2-7/h1,3-5,7-10H,2H2/t3-,4-,5-/m1/s1/i1+1. The van der Waals surface area contributed by atoms with Crippen molar-refractivity contribution in [3.05, 3.63) is 0 Å². The summed E-state index contributed by atoms with van der Waals surface area (Å²) < 4.78 is 0. The van der Waals surface area contributed by atoms with E-state index in [1.54, 1.807) is 0 Å². The molecule has 0 fully saturated rings. The molecule has 0 saturated heterocycles. The Morgan fingerprint density at radius 3 is 2.10 bits per heavy atom. The van der Waals surface area contributed by atoms with Crippen molar-refractivity contribution in [2.24, 2.45) is 0 Å². The summed E-state index contributed by atoms with van der Waals surface area (Å²) in [6.45, 7) is -0.688. The summed E-state index contributed by atoms with van der Waals surface area (Å²) in [6.07, 6.45) is -4.63. The predicted molar refractivity (Wildman–Crippen MR) is 31.2 cm³/mol. The van der Waals surface area contributed by atoms with Crippen LogP contribution in [-0.2, 0) is 4.79 Å². The van der Waals surface area contributed by atoms with E-state index in [2.05, 4.69) is 0 Å². The Labute approximate surface area is 57.5 Å². The number of hydrogen-bond acceptors (Lipinski definition) is 5. The number of carbonyl (C=O) groups excluding carboxylic acids is 1. The minimum atomic E-state index is -1.64. The summed E-state index contributed by atoms with van der Waals surface area (Å²) in [5.41, 5.74) is 0. The van der Waals surface area contributed by atoms with E-state index < -0.39 is 24.9 Å². The molecular formula is C5H10O5. The second kappa shape index (κ2) is 4.35. The van der Waals surface area contributed by atoms with Crippen molar-refractivity contribution in [1.82, 2.24) is 0 Å². The third-order valence-electron chi connectivity index (χ3n) is 1.07. The maximum atomic E-state index is 9.76. The highest BCUT2D eigenvalue weighted by Gasteiger charge is 2.22. The van der Waals surface area contributed by atoms with E-state index in [-0.39, 0.29) is 6.29 Å². The van der Waals surface area contributed by atoms with Crippen molar-refractivity contribution in [2.45, 2.75) is 18.3 Å². The molecule has 5 nitrogen and oxygen atoms in total. The third kappa shape index (κ3) is 2.40. The lowest BCUT2D eigenvalue weighted by Crippen LogP contribution is -2.40. The van der Waals surface area contributed by atoms with Crippen molar-refractivity contribution in [2.75, 3.05) is 6.61 Å². The summed E-state index contributed by atoms with van der Waals surface area (Å²) in [7, 11) is 0. The van der Waals surface area contributed by atoms with Crippen molar-refractivity contribution in [1.29, 1.82) is 0 Å². The Kier molecular flexibility index (Phi) is 4.13. The minimum Gasteiger partial charge on any atom is -0.394 e. The number of aldehydes is 1. The fourth-order valence-electron chi connectivity index (χ4n) is 0.416. The van der Waals surface area contributed by atoms with Crippen LogP contribution in [0.4, 0.5) is 0 Å². The van der Waals surface area contributed by atoms with E-state index in [4.69, 9.17) is 20.4 Å². The highest BCUT2D eigenvalue weighted by molar-refractivity contribution is 5.56. The molecule has 0 heterocycles. The van der Waals surface area contributed by atoms with Gasteiger partial charge in [-0.05, 0) is 0 Å². The smallest absolute Gasteiger partial charge is 0.151 e. The lowest BCUT2D eigenvalue weighted by molar-refractivity contribution is -0.127. The van der Waals surface area contributed by atoms with Crippen LogP contribution in [0.2, 0.25) is 0 Å². The Hall–Kier alpha value is -0.490. The lowest BCUT2D eigenvalue weighted by Gasteiger charge is -2.16. The van der Waals surface area contributed by atoms with Gasteiger partial charge in [0.2, 0.25) is 0 Å². The first-order valence-corrected chi connectivity index (χ1v) is 2.73. The second-order valence-electron chi connectivity index (χ2n) is 1.87. The van der Waals surface area contributed by atoms with Crippen LogP contribution in [0.5, 0.6) is 0 Å². The van der Waals surface area contributed by atoms with Crippen LogP contribution in [0, 0.1) is 0 Å². The van der Waals surface area contributed by atoms with Crippen LogP contribution in [0.1, 0.15) is 0 Å². The van der Waals surface area contributed by atoms with Crippen LogP contribution in [0.3, 0.4) is 0 Å². The molecule has 0 aromatic carbocycles. The first-order chi connectivity index (χ1) is 4.63. The van der Waals surface area contributed by atoms with Crippen molar-refractivity contribution >= 4 is 6.29 Å². The molecule has 0 spiro atoms. The van der Waals surface area contributed by atoms with E-state index in [9.17, 15) is 4.79 Å². The summed E-state index contributed by atoms with van der Waals surface area (Å²) in [5.74, 6) is 0. The van der Waals surface area contributed by atoms with Crippen LogP contribution in [0.15, 0.2) is 0 Å². The van der Waals surface area contributed by atoms with E-state index in [0.29, 0.717) is 0 Å². The molecule has 0 aromatic heterocycles. The molecular weight excluding hydrogens is 141 g/mol. The largest absolute Gasteiger partial charge is 0.394 e. The maximum Gasteiger partial charge on any atom is 0.151 e. The molecule has 0 bridgehead atoms. The topological polar surface area (TPSA) is 98.0 Å². The molecule has 60 valence electrons. The molecule has 0 aliphatic heterocycles. The Morgan fingerprint density at radius 2 is 1.80 bits per heavy atom. The molecule has 3 atom stereocenters. The SMILES string of the molecule is O=[13CH][C@@H](O)[C@@H](O)[C@H](O)CO. The van der Waals surface area contributed by atoms with Crippen LogP contribution in [0.25, 0.3) is 0 Å². The summed E-state index contributed by atoms with van der Waals surface area (Å²) in [5, 5.41) is 34.1. The summed E-state index contributed by atoms with van der Waals surface area (Å²) >= 11 is 0. The van der Waals surface area contributed by atoms with Gasteiger partial charge in [0.1, 0.15) is 18.3 Å². The molecule has 0 radical (unpaired) electrons. The molecule has 0 rings (SSSR count). The van der Waals surface area contributed by atoms with Gasteiger partial charge in [0, 0.05) is 0 Å². The zero-order valence-corrected chi connectivity index (χ0v) is 5.21. The van der Waals surface area contributed by atoms with Crippen LogP contribution < -0.4 is 0 Å². The highest BCUT2D eigenvalue weighted by Crippen LogP contribution is 1.96. The fraction of sp³-hybridized carbons (Fsp3) is 0.800. The molecule has 0 aliphatic carbocycles. The van der Waals surface area contributed by atoms with Gasteiger partial charge in [-0.25, -0.2) is 0 Å². The predicted octanol–water partition coefficient (Wildman–Crippen LogP) is -2.74. The van der Waals surface area contributed by atoms with Gasteiger partial charge < -0.3 is 25.2 Å². The molecule has 0 amide bonds. The molecule has 0 unspecified atom stereocenters. The highest BCUT2D eigenvalue weighted by atomic mass is 16.4. The van der Waals surface area contributed by atoms with Gasteiger partial charge in [-0.2, -0.15) is 0 Å². The van der Waals surface area contributed by atoms with E-state index >= 15 is 0 Å². The Bertz CT molecular complexity index is 104. The van der Waals surface area contributed by atoms with Crippen LogP contribution >= 0.6 is 0 Å². The van der Waals surface area contributed by atoms with E-state index in [1.807, 2.05) is 0 Å². The first-order valence-electron chi connectivity index (χ1n) is 2.73. The van der Waals surface area contributed by atoms with Crippen molar-refractivity contribution < 1.29 is 25.2 Å². The molecule has 10 heavy (non-hydrogen) atoms. The van der Waals surface area contributed by atoms with Gasteiger partial charge in [-0.3, -0.25) is 0 Å². The van der Waals surface area contributed by atoms with Gasteiger partial charge in [0.25, 0.3) is 0 Å². The quantitative estimate of drug-likeness (QED) is 0.258. The Balaban J connectivity index is 3.80. The zero-order chi connectivity index (χ0) is 8.15. The number of carbonyl (C=O) groups is 1. The fourth-order valence-corrected chi connectivity index (χ4v) is 0.416. The normalized spacial score (nSPS) is 19.6. The molecule has 4 N–H and O–H groups in total. The van der Waals surface area contributed by atoms with Gasteiger partial charge in [-0.15, -0.1) is 0 Å². The average Bonchev–Trinajstić information content (AvgIpc) is 2.00. The number of rotatable bonds is 4. The van der Waals surface area contributed by atoms with Gasteiger partial charge >= 0.3 is 0 Å². The minimum absolute atomic E-state index is 0.0869. The first kappa shape index (κ1) is 9.51. The van der Waals surface area contributed by atoms with E-state index in [1.165, 1.54) is 0 Å². The van der Waals surface area contributed by atoms with Crippen LogP contribution in [-0.4, -0.2) is 51.6 Å². The molecule has 0 saturated carbocycles. The average molecular weight is 151 g/mol. The molecule has 5 heteroatoms. The van der Waals surface area contributed by atoms with Crippen molar-refractivity contribution in [3.8, 4) is 0 Å². The molecule has 0 aromatic rings. The summed E-state index contributed by atoms with van der Waals surface area (Å²) in [4.78, 5) is 9.76. The number of aliphatic hydroxyl groups excluding tert-OH is 4. The van der Waals surface area contributed by atoms with Gasteiger partial charge in [0.15, 0.2) is 6.29 Å². The Morgan fingerprint density at radius 1 is 1.30 bits per heavy atom. The monoisotopic (exact) mass is 151 g/mol. The van der Waals surface area contributed by atoms with Crippen molar-refractivity contribution in [3.63, 3.8) is 0 Å².